The summed E-state index contributed by atoms with van der Waals surface area (Å²) in [4.78, 5) is 29.5. The van der Waals surface area contributed by atoms with Gasteiger partial charge in [0.05, 0.1) is 12.2 Å². The van der Waals surface area contributed by atoms with Crippen molar-refractivity contribution in [3.8, 4) is 5.69 Å². The zero-order chi connectivity index (χ0) is 19.2. The molecule has 0 saturated carbocycles. The van der Waals surface area contributed by atoms with Crippen LogP contribution in [-0.4, -0.2) is 25.8 Å². The van der Waals surface area contributed by atoms with Crippen LogP contribution < -0.4 is 11.4 Å². The maximum atomic E-state index is 13.3. The molecule has 0 N–H and O–H groups in total. The first-order valence-corrected chi connectivity index (χ1v) is 8.06. The van der Waals surface area contributed by atoms with Crippen molar-refractivity contribution < 1.29 is 13.2 Å². The maximum absolute atomic E-state index is 13.3. The van der Waals surface area contributed by atoms with Crippen LogP contribution in [0.3, 0.4) is 0 Å². The van der Waals surface area contributed by atoms with Gasteiger partial charge in [-0.25, -0.2) is 23.5 Å². The van der Waals surface area contributed by atoms with Crippen LogP contribution in [0.15, 0.2) is 75.2 Å². The van der Waals surface area contributed by atoms with Crippen LogP contribution in [0.4, 0.5) is 13.2 Å². The Morgan fingerprint density at radius 3 is 2.07 bits per heavy atom. The molecule has 4 rings (SSSR count). The molecule has 0 radical (unpaired) electrons. The Bertz CT molecular complexity index is 1130. The number of para-hydroxylation sites is 1. The van der Waals surface area contributed by atoms with E-state index in [4.69, 9.17) is 0 Å². The van der Waals surface area contributed by atoms with E-state index in [0.717, 1.165) is 13.9 Å². The average molecular weight is 374 g/mol. The smallest absolute Gasteiger partial charge is 0.251 e. The fourth-order valence-corrected chi connectivity index (χ4v) is 3.06. The molecule has 2 aromatic carbocycles. The second kappa shape index (κ2) is 6.11. The van der Waals surface area contributed by atoms with E-state index in [9.17, 15) is 22.8 Å². The fraction of sp³-hybridized carbons (Fsp3) is 0.167. The molecule has 1 aromatic heterocycles. The predicted molar refractivity (Wildman–Crippen MR) is 92.4 cm³/mol. The minimum absolute atomic E-state index is 0.280. The highest BCUT2D eigenvalue weighted by atomic mass is 19.4. The quantitative estimate of drug-likeness (QED) is 0.691. The molecule has 0 saturated heterocycles. The molecule has 6 nitrogen and oxygen atoms in total. The number of alkyl halides is 3. The van der Waals surface area contributed by atoms with Gasteiger partial charge >= 0.3 is 17.6 Å². The number of rotatable bonds is 2. The zero-order valence-corrected chi connectivity index (χ0v) is 13.8. The molecule has 1 aliphatic heterocycles. The van der Waals surface area contributed by atoms with Crippen LogP contribution in [0.5, 0.6) is 0 Å². The van der Waals surface area contributed by atoms with Gasteiger partial charge in [-0.3, -0.25) is 4.99 Å². The first-order chi connectivity index (χ1) is 12.9. The molecule has 1 aliphatic rings. The third-order valence-corrected chi connectivity index (χ3v) is 4.31. The van der Waals surface area contributed by atoms with Crippen LogP contribution in [0, 0.1) is 0 Å². The Morgan fingerprint density at radius 2 is 1.48 bits per heavy atom. The van der Waals surface area contributed by atoms with Gasteiger partial charge in [-0.1, -0.05) is 48.5 Å². The summed E-state index contributed by atoms with van der Waals surface area (Å²) in [5, 5.41) is 0. The first-order valence-electron chi connectivity index (χ1n) is 8.06. The number of benzene rings is 2. The lowest BCUT2D eigenvalue weighted by Crippen LogP contribution is -2.41. The third kappa shape index (κ3) is 2.80. The molecule has 27 heavy (non-hydrogen) atoms. The summed E-state index contributed by atoms with van der Waals surface area (Å²) in [5.74, 6) is 0. The van der Waals surface area contributed by atoms with Gasteiger partial charge in [0, 0.05) is 0 Å². The summed E-state index contributed by atoms with van der Waals surface area (Å²) in [5.41, 5.74) is -2.04. The molecule has 0 aliphatic carbocycles. The van der Waals surface area contributed by atoms with E-state index < -0.39 is 36.0 Å². The van der Waals surface area contributed by atoms with Gasteiger partial charge in [-0.15, -0.1) is 0 Å². The summed E-state index contributed by atoms with van der Waals surface area (Å²) in [6.07, 6.45) is -5.98. The predicted octanol–water partition coefficient (Wildman–Crippen LogP) is 2.36. The average Bonchev–Trinajstić information content (AvgIpc) is 2.92. The lowest BCUT2D eigenvalue weighted by atomic mass is 10.1. The van der Waals surface area contributed by atoms with Crippen molar-refractivity contribution >= 4 is 5.71 Å². The normalized spacial score (nSPS) is 16.7. The van der Waals surface area contributed by atoms with Gasteiger partial charge in [-0.2, -0.15) is 13.2 Å². The Balaban J connectivity index is 1.99. The Hall–Kier alpha value is -3.36. The molecule has 1 atom stereocenters. The highest BCUT2D eigenvalue weighted by Crippen LogP contribution is 2.27. The summed E-state index contributed by atoms with van der Waals surface area (Å²) in [7, 11) is 0. The van der Waals surface area contributed by atoms with Crippen LogP contribution in [0.1, 0.15) is 11.7 Å². The summed E-state index contributed by atoms with van der Waals surface area (Å²) in [6, 6.07) is 16.2. The second-order valence-electron chi connectivity index (χ2n) is 6.00. The molecule has 2 heterocycles. The van der Waals surface area contributed by atoms with Crippen molar-refractivity contribution in [2.24, 2.45) is 4.99 Å². The zero-order valence-electron chi connectivity index (χ0n) is 13.8. The number of hydrogen-bond donors (Lipinski definition) is 0. The Labute approximate surface area is 150 Å². The maximum Gasteiger partial charge on any atom is 0.431 e. The minimum Gasteiger partial charge on any atom is -0.251 e. The van der Waals surface area contributed by atoms with Gasteiger partial charge in [-0.05, 0) is 17.7 Å². The van der Waals surface area contributed by atoms with E-state index in [0.29, 0.717) is 5.56 Å². The van der Waals surface area contributed by atoms with E-state index in [1.165, 1.54) is 0 Å². The van der Waals surface area contributed by atoms with E-state index in [2.05, 4.69) is 4.99 Å². The monoisotopic (exact) mass is 374 g/mol. The van der Waals surface area contributed by atoms with Gasteiger partial charge in [0.25, 0.3) is 0 Å². The van der Waals surface area contributed by atoms with Crippen LogP contribution >= 0.6 is 0 Å². The number of halogens is 3. The molecular formula is C18H13F3N4O2. The lowest BCUT2D eigenvalue weighted by Gasteiger charge is -2.25. The van der Waals surface area contributed by atoms with Gasteiger partial charge in [0.2, 0.25) is 0 Å². The van der Waals surface area contributed by atoms with Crippen LogP contribution in [0.25, 0.3) is 5.69 Å². The molecular weight excluding hydrogens is 361 g/mol. The first kappa shape index (κ1) is 17.1. The molecule has 138 valence electrons. The van der Waals surface area contributed by atoms with E-state index in [1.54, 1.807) is 60.7 Å². The summed E-state index contributed by atoms with van der Waals surface area (Å²) in [6.45, 7) is -0.819. The number of nitrogens with zero attached hydrogens (tertiary/aromatic N) is 4. The second-order valence-corrected chi connectivity index (χ2v) is 6.00. The molecule has 0 unspecified atom stereocenters. The summed E-state index contributed by atoms with van der Waals surface area (Å²) < 4.78 is 42.7. The van der Waals surface area contributed by atoms with E-state index in [-0.39, 0.29) is 5.69 Å². The third-order valence-electron chi connectivity index (χ3n) is 4.31. The van der Waals surface area contributed by atoms with Crippen molar-refractivity contribution in [3.05, 3.63) is 87.2 Å². The number of aliphatic imine (C=N–C) groups is 1. The minimum atomic E-state index is -4.71. The molecule has 0 fully saturated rings. The molecule has 0 bridgehead atoms. The van der Waals surface area contributed by atoms with Crippen molar-refractivity contribution in [2.75, 3.05) is 0 Å². The SMILES string of the molecule is O=c1n(-c2ccccc2)c(=O)n2n1CC(C(F)(F)F)=N[C@@H]2c1ccccc1. The highest BCUT2D eigenvalue weighted by Gasteiger charge is 2.41. The Kier molecular flexibility index (Phi) is 3.87. The molecule has 9 heteroatoms. The topological polar surface area (TPSA) is 61.3 Å². The summed E-state index contributed by atoms with van der Waals surface area (Å²) >= 11 is 0. The van der Waals surface area contributed by atoms with Gasteiger partial charge < -0.3 is 0 Å². The van der Waals surface area contributed by atoms with Crippen molar-refractivity contribution in [2.45, 2.75) is 18.9 Å². The number of hydrogen-bond acceptors (Lipinski definition) is 3. The van der Waals surface area contributed by atoms with E-state index >= 15 is 0 Å². The molecule has 0 amide bonds. The molecule has 3 aromatic rings. The van der Waals surface area contributed by atoms with E-state index in [1.807, 2.05) is 0 Å². The largest absolute Gasteiger partial charge is 0.431 e. The molecule has 0 spiro atoms. The fourth-order valence-electron chi connectivity index (χ4n) is 3.06. The van der Waals surface area contributed by atoms with Crippen molar-refractivity contribution in [1.29, 1.82) is 0 Å². The Morgan fingerprint density at radius 1 is 0.889 bits per heavy atom. The standard InChI is InChI=1S/C18H13F3N4O2/c19-18(20,21)14-11-23-16(26)24(13-9-5-2-6-10-13)17(27)25(23)15(22-14)12-7-3-1-4-8-12/h1-10,15H,11H2/t15-/m0/s1. The van der Waals surface area contributed by atoms with Crippen molar-refractivity contribution in [3.63, 3.8) is 0 Å². The number of aromatic nitrogens is 3. The highest BCUT2D eigenvalue weighted by molar-refractivity contribution is 5.90. The van der Waals surface area contributed by atoms with Gasteiger partial charge in [0.15, 0.2) is 6.17 Å². The van der Waals surface area contributed by atoms with Gasteiger partial charge in [0.1, 0.15) is 5.71 Å². The van der Waals surface area contributed by atoms with Crippen LogP contribution in [-0.2, 0) is 6.54 Å². The van der Waals surface area contributed by atoms with Crippen molar-refractivity contribution in [1.82, 2.24) is 13.9 Å². The van der Waals surface area contributed by atoms with Crippen LogP contribution in [0.2, 0.25) is 0 Å². The number of fused-ring (bicyclic) bond motifs is 1. The lowest BCUT2D eigenvalue weighted by molar-refractivity contribution is -0.0626.